The molecule has 0 spiro atoms. The monoisotopic (exact) mass is 557 g/mol. The highest BCUT2D eigenvalue weighted by Gasteiger charge is 2.38. The highest BCUT2D eigenvalue weighted by Crippen LogP contribution is 2.25. The summed E-state index contributed by atoms with van der Waals surface area (Å²) in [5.74, 6) is -2.51. The Morgan fingerprint density at radius 2 is 1.44 bits per heavy atom. The zero-order chi connectivity index (χ0) is 29.1. The first-order valence-electron chi connectivity index (χ1n) is 14.6. The van der Waals surface area contributed by atoms with E-state index in [-0.39, 0.29) is 17.9 Å². The number of halogens is 3. The molecule has 3 N–H and O–H groups in total. The Bertz CT molecular complexity index is 793. The lowest BCUT2D eigenvalue weighted by Crippen LogP contribution is -2.45. The zero-order valence-electron chi connectivity index (χ0n) is 24.1. The molecule has 0 unspecified atom stereocenters. The van der Waals surface area contributed by atoms with E-state index in [2.05, 4.69) is 66.8 Å². The van der Waals surface area contributed by atoms with Crippen LogP contribution in [-0.2, 0) is 9.59 Å². The number of amides is 1. The number of rotatable bonds is 17. The van der Waals surface area contributed by atoms with Gasteiger partial charge in [0.1, 0.15) is 0 Å². The number of unbranched alkanes of at least 4 members (excludes halogenated alkanes) is 11. The molecule has 39 heavy (non-hydrogen) atoms. The number of carboxylic acid groups (broad SMARTS) is 1. The van der Waals surface area contributed by atoms with Gasteiger partial charge in [-0.2, -0.15) is 13.2 Å². The topological polar surface area (TPSA) is 81.7 Å². The Kier molecular flexibility index (Phi) is 17.8. The molecule has 1 heterocycles. The summed E-state index contributed by atoms with van der Waals surface area (Å²) < 4.78 is 31.7. The second kappa shape index (κ2) is 19.9. The number of benzene rings is 1. The Labute approximate surface area is 233 Å². The molecule has 1 aromatic rings. The first-order chi connectivity index (χ1) is 18.6. The molecule has 1 aliphatic heterocycles. The SMILES string of the molecule is CCCCCCCCCCCCCCNC(=O)[C@@H]1CNC[C@H]1N(C)[C@H](C)c1ccccc1.O=C(O)C(F)(F)F. The fraction of sp³-hybridized carbons (Fsp3) is 0.733. The molecule has 0 bridgehead atoms. The number of hydrogen-bond acceptors (Lipinski definition) is 4. The molecule has 0 aliphatic carbocycles. The number of hydrogen-bond donors (Lipinski definition) is 3. The van der Waals surface area contributed by atoms with Crippen molar-refractivity contribution in [1.29, 1.82) is 0 Å². The highest BCUT2D eigenvalue weighted by atomic mass is 19.4. The van der Waals surface area contributed by atoms with E-state index in [0.717, 1.165) is 26.1 Å². The van der Waals surface area contributed by atoms with Gasteiger partial charge < -0.3 is 15.7 Å². The first-order valence-corrected chi connectivity index (χ1v) is 14.6. The van der Waals surface area contributed by atoms with Crippen LogP contribution in [0.1, 0.15) is 103 Å². The van der Waals surface area contributed by atoms with Gasteiger partial charge in [-0.3, -0.25) is 9.69 Å². The van der Waals surface area contributed by atoms with E-state index >= 15 is 0 Å². The summed E-state index contributed by atoms with van der Waals surface area (Å²) >= 11 is 0. The normalized spacial score (nSPS) is 17.9. The van der Waals surface area contributed by atoms with Crippen LogP contribution in [0.15, 0.2) is 30.3 Å². The largest absolute Gasteiger partial charge is 0.490 e. The minimum Gasteiger partial charge on any atom is -0.475 e. The van der Waals surface area contributed by atoms with E-state index in [1.807, 2.05) is 0 Å². The van der Waals surface area contributed by atoms with E-state index in [1.54, 1.807) is 0 Å². The second-order valence-electron chi connectivity index (χ2n) is 10.6. The van der Waals surface area contributed by atoms with E-state index in [0.29, 0.717) is 6.04 Å². The summed E-state index contributed by atoms with van der Waals surface area (Å²) in [4.78, 5) is 24.1. The summed E-state index contributed by atoms with van der Waals surface area (Å²) in [5, 5.41) is 13.8. The maximum atomic E-state index is 12.8. The molecule has 0 radical (unpaired) electrons. The van der Waals surface area contributed by atoms with Crippen molar-refractivity contribution in [2.24, 2.45) is 5.92 Å². The van der Waals surface area contributed by atoms with E-state index in [1.165, 1.54) is 76.2 Å². The number of carboxylic acids is 1. The maximum absolute atomic E-state index is 12.8. The van der Waals surface area contributed by atoms with Gasteiger partial charge in [-0.25, -0.2) is 4.79 Å². The fourth-order valence-corrected chi connectivity index (χ4v) is 4.92. The van der Waals surface area contributed by atoms with Gasteiger partial charge in [0, 0.05) is 31.7 Å². The van der Waals surface area contributed by atoms with Gasteiger partial charge in [-0.1, -0.05) is 108 Å². The van der Waals surface area contributed by atoms with Gasteiger partial charge in [-0.05, 0) is 26.0 Å². The quantitative estimate of drug-likeness (QED) is 0.185. The van der Waals surface area contributed by atoms with Crippen LogP contribution < -0.4 is 10.6 Å². The van der Waals surface area contributed by atoms with Gasteiger partial charge in [0.2, 0.25) is 5.91 Å². The Hall–Kier alpha value is -2.13. The molecule has 3 atom stereocenters. The van der Waals surface area contributed by atoms with Gasteiger partial charge >= 0.3 is 12.1 Å². The van der Waals surface area contributed by atoms with Crippen LogP contribution in [0.5, 0.6) is 0 Å². The number of nitrogens with zero attached hydrogens (tertiary/aromatic N) is 1. The van der Waals surface area contributed by atoms with Crippen molar-refractivity contribution in [2.75, 3.05) is 26.7 Å². The Morgan fingerprint density at radius 3 is 1.92 bits per heavy atom. The van der Waals surface area contributed by atoms with Crippen LogP contribution in [0.2, 0.25) is 0 Å². The highest BCUT2D eigenvalue weighted by molar-refractivity contribution is 5.80. The van der Waals surface area contributed by atoms with Crippen molar-refractivity contribution in [1.82, 2.24) is 15.5 Å². The molecule has 224 valence electrons. The van der Waals surface area contributed by atoms with Crippen LogP contribution in [0.25, 0.3) is 0 Å². The smallest absolute Gasteiger partial charge is 0.475 e. The van der Waals surface area contributed by atoms with Crippen molar-refractivity contribution in [2.45, 2.75) is 109 Å². The fourth-order valence-electron chi connectivity index (χ4n) is 4.92. The molecule has 6 nitrogen and oxygen atoms in total. The van der Waals surface area contributed by atoms with E-state index in [4.69, 9.17) is 9.90 Å². The lowest BCUT2D eigenvalue weighted by molar-refractivity contribution is -0.192. The number of likely N-dealkylation sites (N-methyl/N-ethyl adjacent to an activating group) is 1. The lowest BCUT2D eigenvalue weighted by atomic mass is 9.98. The zero-order valence-corrected chi connectivity index (χ0v) is 24.1. The van der Waals surface area contributed by atoms with Crippen LogP contribution in [-0.4, -0.2) is 60.8 Å². The maximum Gasteiger partial charge on any atom is 0.490 e. The predicted molar refractivity (Wildman–Crippen MR) is 151 cm³/mol. The molecule has 1 amide bonds. The van der Waals surface area contributed by atoms with E-state index in [9.17, 15) is 18.0 Å². The molecule has 9 heteroatoms. The number of nitrogens with one attached hydrogen (secondary N) is 2. The Morgan fingerprint density at radius 1 is 0.949 bits per heavy atom. The number of carbonyl (C=O) groups is 2. The number of aliphatic carboxylic acids is 1. The molecule has 0 aromatic heterocycles. The molecule has 1 fully saturated rings. The average Bonchev–Trinajstić information content (AvgIpc) is 3.41. The molecule has 1 aliphatic rings. The third-order valence-electron chi connectivity index (χ3n) is 7.51. The van der Waals surface area contributed by atoms with Crippen molar-refractivity contribution in [3.8, 4) is 0 Å². The molecule has 2 rings (SSSR count). The van der Waals surface area contributed by atoms with Crippen molar-refractivity contribution >= 4 is 11.9 Å². The predicted octanol–water partition coefficient (Wildman–Crippen LogP) is 6.72. The summed E-state index contributed by atoms with van der Waals surface area (Å²) in [7, 11) is 2.15. The van der Waals surface area contributed by atoms with Gasteiger partial charge in [0.05, 0.1) is 5.92 Å². The third-order valence-corrected chi connectivity index (χ3v) is 7.51. The van der Waals surface area contributed by atoms with Crippen LogP contribution in [0.4, 0.5) is 13.2 Å². The summed E-state index contributed by atoms with van der Waals surface area (Å²) in [6.07, 6.45) is 11.1. The molecule has 1 saturated heterocycles. The second-order valence-corrected chi connectivity index (χ2v) is 10.6. The summed E-state index contributed by atoms with van der Waals surface area (Å²) in [5.41, 5.74) is 1.30. The average molecular weight is 558 g/mol. The van der Waals surface area contributed by atoms with Crippen molar-refractivity contribution in [3.05, 3.63) is 35.9 Å². The van der Waals surface area contributed by atoms with Gasteiger partial charge in [0.15, 0.2) is 0 Å². The lowest BCUT2D eigenvalue weighted by Gasteiger charge is -2.33. The standard InChI is InChI=1S/C28H49N3O.C2HF3O2/c1-4-5-6-7-8-9-10-11-12-13-14-18-21-30-28(32)26-22-29-23-27(26)31(3)24(2)25-19-16-15-17-20-25;3-2(4,5)1(6)7/h15-17,19-20,24,26-27,29H,4-14,18,21-23H2,1-3H3,(H,30,32);(H,6,7)/t24-,26-,27-;/m1./s1. The van der Waals surface area contributed by atoms with Crippen molar-refractivity contribution in [3.63, 3.8) is 0 Å². The third kappa shape index (κ3) is 14.7. The van der Waals surface area contributed by atoms with Crippen LogP contribution >= 0.6 is 0 Å². The number of carbonyl (C=O) groups excluding carboxylic acids is 1. The minimum absolute atomic E-state index is 0.0310. The molecular formula is C30H50F3N3O3. The summed E-state index contributed by atoms with van der Waals surface area (Å²) in [6.45, 7) is 6.98. The first kappa shape index (κ1) is 34.9. The molecule has 1 aromatic carbocycles. The number of alkyl halides is 3. The van der Waals surface area contributed by atoms with Crippen molar-refractivity contribution < 1.29 is 27.9 Å². The Balaban J connectivity index is 0.000000956. The van der Waals surface area contributed by atoms with Crippen LogP contribution in [0, 0.1) is 5.92 Å². The van der Waals surface area contributed by atoms with Crippen LogP contribution in [0.3, 0.4) is 0 Å². The van der Waals surface area contributed by atoms with Gasteiger partial charge in [-0.15, -0.1) is 0 Å². The summed E-state index contributed by atoms with van der Waals surface area (Å²) in [6, 6.07) is 11.1. The minimum atomic E-state index is -5.08. The van der Waals surface area contributed by atoms with E-state index < -0.39 is 12.1 Å². The molecular weight excluding hydrogens is 507 g/mol. The van der Waals surface area contributed by atoms with Gasteiger partial charge in [0.25, 0.3) is 0 Å². The molecule has 0 saturated carbocycles.